The third-order valence-corrected chi connectivity index (χ3v) is 12.8. The molecule has 2 atom stereocenters. The Morgan fingerprint density at radius 2 is 1.23 bits per heavy atom. The van der Waals surface area contributed by atoms with Crippen molar-refractivity contribution in [2.75, 3.05) is 0 Å². The van der Waals surface area contributed by atoms with Crippen molar-refractivity contribution in [3.8, 4) is 0 Å². The Kier molecular flexibility index (Phi) is 6.67. The number of allylic oxidation sites excluding steroid dienone is 8. The van der Waals surface area contributed by atoms with Gasteiger partial charge in [-0.15, -0.1) is 0 Å². The van der Waals surface area contributed by atoms with Gasteiger partial charge in [0.1, 0.15) is 0 Å². The van der Waals surface area contributed by atoms with Crippen molar-refractivity contribution in [3.63, 3.8) is 0 Å². The molecule has 0 aromatic heterocycles. The van der Waals surface area contributed by atoms with Crippen LogP contribution in [0.1, 0.15) is 40.5 Å². The minimum Gasteiger partial charge on any atom is -1.00 e. The molecule has 0 saturated heterocycles. The van der Waals surface area contributed by atoms with Crippen molar-refractivity contribution < 1.29 is 44.0 Å². The summed E-state index contributed by atoms with van der Waals surface area (Å²) in [6, 6.07) is 0. The fraction of sp³-hybridized carbons (Fsp3) is 0.556. The predicted octanol–water partition coefficient (Wildman–Crippen LogP) is -0.642. The standard InChI is InChI=1S/C18H26Si.2ClH.Ti/c1-7-15-9-13(3)17(11-15)19(5,6)18-12-16(8-2)10-14(18)4;;;/h9-10,15-16H,7-8H2,1-6H3;2*1H;/q;;;+2/p-2. The molecule has 0 nitrogen and oxygen atoms in total. The number of rotatable bonds is 2. The molecule has 120 valence electrons. The summed E-state index contributed by atoms with van der Waals surface area (Å²) in [7, 11) is -1.44. The summed E-state index contributed by atoms with van der Waals surface area (Å²) in [5, 5.41) is 3.71. The molecule has 0 radical (unpaired) electrons. The van der Waals surface area contributed by atoms with Crippen LogP contribution in [0.2, 0.25) is 13.1 Å². The molecule has 0 amide bonds. The van der Waals surface area contributed by atoms with E-state index in [1.807, 2.05) is 18.1 Å². The fourth-order valence-electron chi connectivity index (χ4n) is 4.62. The molecule has 22 heavy (non-hydrogen) atoms. The van der Waals surface area contributed by atoms with Crippen LogP contribution in [0, 0.1) is 11.8 Å². The van der Waals surface area contributed by atoms with Gasteiger partial charge in [-0.2, -0.15) is 0 Å². The SMILES string of the molecule is CCC1C=C(C)C2=[C]1[Ti+2][C]1=C(C(C)=CC1CC)[Si]2(C)C.[Cl-].[Cl-]. The van der Waals surface area contributed by atoms with Crippen LogP contribution < -0.4 is 24.8 Å². The Balaban J connectivity index is 0.00000121. The van der Waals surface area contributed by atoms with Gasteiger partial charge in [-0.3, -0.25) is 0 Å². The molecule has 0 bridgehead atoms. The smallest absolute Gasteiger partial charge is 1.00 e. The minimum absolute atomic E-state index is 0. The molecular formula is C18H26Cl2SiTi. The maximum atomic E-state index is 2.60. The fourth-order valence-corrected chi connectivity index (χ4v) is 15.1. The van der Waals surface area contributed by atoms with Gasteiger partial charge in [-0.25, -0.2) is 0 Å². The first-order chi connectivity index (χ1) is 9.41. The first-order valence-electron chi connectivity index (χ1n) is 8.05. The van der Waals surface area contributed by atoms with E-state index in [1.54, 1.807) is 11.1 Å². The van der Waals surface area contributed by atoms with E-state index in [4.69, 9.17) is 0 Å². The van der Waals surface area contributed by atoms with E-state index in [0.29, 0.717) is 0 Å². The quantitative estimate of drug-likeness (QED) is 0.552. The predicted molar refractivity (Wildman–Crippen MR) is 86.6 cm³/mol. The first kappa shape index (κ1) is 20.5. The second kappa shape index (κ2) is 7.15. The van der Waals surface area contributed by atoms with Crippen molar-refractivity contribution in [2.45, 2.75) is 53.6 Å². The van der Waals surface area contributed by atoms with Crippen molar-refractivity contribution in [3.05, 3.63) is 41.4 Å². The molecule has 1 aliphatic heterocycles. The monoisotopic (exact) mass is 388 g/mol. The molecule has 0 fully saturated rings. The summed E-state index contributed by atoms with van der Waals surface area (Å²) < 4.78 is 3.84. The maximum absolute atomic E-state index is 2.60. The van der Waals surface area contributed by atoms with Gasteiger partial charge in [-0.05, 0) is 0 Å². The van der Waals surface area contributed by atoms with Crippen LogP contribution in [0.15, 0.2) is 41.4 Å². The second-order valence-corrected chi connectivity index (χ2v) is 13.4. The Bertz CT molecular complexity index is 546. The van der Waals surface area contributed by atoms with Gasteiger partial charge in [0.05, 0.1) is 0 Å². The van der Waals surface area contributed by atoms with E-state index < -0.39 is 8.07 Å². The average Bonchev–Trinajstić information content (AvgIpc) is 2.88. The normalized spacial score (nSPS) is 27.7. The molecular weight excluding hydrogens is 363 g/mol. The van der Waals surface area contributed by atoms with Gasteiger partial charge in [-0.1, -0.05) is 0 Å². The van der Waals surface area contributed by atoms with Crippen LogP contribution in [-0.4, -0.2) is 8.07 Å². The van der Waals surface area contributed by atoms with Crippen LogP contribution in [0.25, 0.3) is 0 Å². The van der Waals surface area contributed by atoms with Crippen LogP contribution in [-0.2, 0) is 19.2 Å². The average molecular weight is 389 g/mol. The topological polar surface area (TPSA) is 0 Å². The summed E-state index contributed by atoms with van der Waals surface area (Å²) in [6.45, 7) is 14.7. The van der Waals surface area contributed by atoms with E-state index in [0.717, 1.165) is 11.8 Å². The molecule has 0 saturated carbocycles. The van der Waals surface area contributed by atoms with E-state index in [9.17, 15) is 0 Å². The van der Waals surface area contributed by atoms with Gasteiger partial charge in [0.25, 0.3) is 0 Å². The maximum Gasteiger partial charge on any atom is -1.00 e. The van der Waals surface area contributed by atoms with Gasteiger partial charge in [0.15, 0.2) is 0 Å². The van der Waals surface area contributed by atoms with Gasteiger partial charge >= 0.3 is 134 Å². The second-order valence-electron chi connectivity index (χ2n) is 7.06. The molecule has 2 unspecified atom stereocenters. The zero-order valence-electron chi connectivity index (χ0n) is 14.5. The Morgan fingerprint density at radius 3 is 1.55 bits per heavy atom. The molecule has 2 aliphatic carbocycles. The Morgan fingerprint density at radius 1 is 0.864 bits per heavy atom. The summed E-state index contributed by atoms with van der Waals surface area (Å²) in [5.74, 6) is 1.56. The third-order valence-electron chi connectivity index (χ3n) is 5.37. The molecule has 0 spiro atoms. The van der Waals surface area contributed by atoms with E-state index in [-0.39, 0.29) is 44.0 Å². The Hall–Kier alpha value is 0.471. The number of hydrogen-bond donors (Lipinski definition) is 0. The van der Waals surface area contributed by atoms with E-state index >= 15 is 0 Å². The molecule has 0 aromatic rings. The first-order valence-corrected chi connectivity index (χ1v) is 12.6. The van der Waals surface area contributed by atoms with Gasteiger partial charge < -0.3 is 24.8 Å². The summed E-state index contributed by atoms with van der Waals surface area (Å²) in [6.07, 6.45) is 7.78. The van der Waals surface area contributed by atoms with E-state index in [1.165, 1.54) is 12.8 Å². The van der Waals surface area contributed by atoms with Crippen LogP contribution >= 0.6 is 0 Å². The molecule has 3 aliphatic rings. The largest absolute Gasteiger partial charge is 1.00 e. The van der Waals surface area contributed by atoms with Gasteiger partial charge in [0, 0.05) is 0 Å². The molecule has 0 N–H and O–H groups in total. The van der Waals surface area contributed by atoms with Crippen molar-refractivity contribution in [2.24, 2.45) is 11.8 Å². The zero-order chi connectivity index (χ0) is 14.7. The zero-order valence-corrected chi connectivity index (χ0v) is 18.6. The van der Waals surface area contributed by atoms with E-state index in [2.05, 4.69) is 52.9 Å². The van der Waals surface area contributed by atoms with Crippen LogP contribution in [0.3, 0.4) is 0 Å². The molecule has 1 heterocycles. The summed E-state index contributed by atoms with van der Waals surface area (Å²) in [5.41, 5.74) is 3.26. The van der Waals surface area contributed by atoms with Crippen LogP contribution in [0.4, 0.5) is 0 Å². The van der Waals surface area contributed by atoms with Gasteiger partial charge in [0.2, 0.25) is 0 Å². The number of halogens is 2. The summed E-state index contributed by atoms with van der Waals surface area (Å²) in [4.78, 5) is 0. The molecule has 4 heteroatoms. The van der Waals surface area contributed by atoms with Crippen molar-refractivity contribution in [1.29, 1.82) is 0 Å². The number of hydrogen-bond acceptors (Lipinski definition) is 0. The third kappa shape index (κ3) is 2.82. The van der Waals surface area contributed by atoms with Crippen molar-refractivity contribution in [1.82, 2.24) is 0 Å². The Labute approximate surface area is 158 Å². The van der Waals surface area contributed by atoms with Crippen LogP contribution in [0.5, 0.6) is 0 Å². The molecule has 3 rings (SSSR count). The van der Waals surface area contributed by atoms with Crippen molar-refractivity contribution >= 4 is 8.07 Å². The minimum atomic E-state index is -1.44. The molecule has 0 aromatic carbocycles. The summed E-state index contributed by atoms with van der Waals surface area (Å²) >= 11 is -0.0473.